The van der Waals surface area contributed by atoms with Gasteiger partial charge in [0.05, 0.1) is 6.54 Å². The van der Waals surface area contributed by atoms with Crippen molar-refractivity contribution in [2.24, 2.45) is 11.8 Å². The van der Waals surface area contributed by atoms with E-state index in [1.807, 2.05) is 0 Å². The number of rotatable bonds is 7. The zero-order chi connectivity index (χ0) is 13.4. The van der Waals surface area contributed by atoms with Crippen molar-refractivity contribution in [3.05, 3.63) is 0 Å². The topological polar surface area (TPSA) is 41.1 Å². The summed E-state index contributed by atoms with van der Waals surface area (Å²) < 4.78 is 0. The van der Waals surface area contributed by atoms with Gasteiger partial charge >= 0.3 is 0 Å². The first-order chi connectivity index (χ1) is 8.63. The van der Waals surface area contributed by atoms with Gasteiger partial charge in [-0.25, -0.2) is 0 Å². The maximum atomic E-state index is 11.7. The Kier molecular flexibility index (Phi) is 7.33. The second kappa shape index (κ2) is 8.52. The van der Waals surface area contributed by atoms with Crippen LogP contribution in [0.4, 0.5) is 0 Å². The van der Waals surface area contributed by atoms with Crippen LogP contribution in [0.3, 0.4) is 0 Å². The molecule has 0 spiro atoms. The number of hydrogen-bond acceptors (Lipinski definition) is 2. The molecule has 1 saturated carbocycles. The molecule has 0 heterocycles. The van der Waals surface area contributed by atoms with E-state index in [0.29, 0.717) is 18.5 Å². The second-order valence-electron chi connectivity index (χ2n) is 5.99. The number of carbonyl (C=O) groups excluding carboxylic acids is 1. The van der Waals surface area contributed by atoms with E-state index < -0.39 is 0 Å². The van der Waals surface area contributed by atoms with Crippen molar-refractivity contribution >= 4 is 5.91 Å². The minimum atomic E-state index is 0.137. The molecule has 1 fully saturated rings. The molecule has 3 nitrogen and oxygen atoms in total. The normalized spacial score (nSPS) is 18.9. The molecule has 1 rings (SSSR count). The summed E-state index contributed by atoms with van der Waals surface area (Å²) >= 11 is 0. The highest BCUT2D eigenvalue weighted by Crippen LogP contribution is 2.27. The van der Waals surface area contributed by atoms with Crippen LogP contribution >= 0.6 is 0 Å². The highest BCUT2D eigenvalue weighted by Gasteiger charge is 2.22. The molecule has 18 heavy (non-hydrogen) atoms. The first kappa shape index (κ1) is 15.5. The highest BCUT2D eigenvalue weighted by molar-refractivity contribution is 5.77. The van der Waals surface area contributed by atoms with Crippen molar-refractivity contribution in [3.63, 3.8) is 0 Å². The predicted molar refractivity (Wildman–Crippen MR) is 76.5 cm³/mol. The molecule has 0 radical (unpaired) electrons. The average Bonchev–Trinajstić information content (AvgIpc) is 2.38. The monoisotopic (exact) mass is 254 g/mol. The Morgan fingerprint density at radius 2 is 1.89 bits per heavy atom. The van der Waals surface area contributed by atoms with Crippen LogP contribution in [0, 0.1) is 11.8 Å². The Balaban J connectivity index is 2.23. The summed E-state index contributed by atoms with van der Waals surface area (Å²) in [5, 5.41) is 6.41. The fraction of sp³-hybridized carbons (Fsp3) is 0.933. The Bertz CT molecular complexity index is 235. The Labute approximate surface area is 112 Å². The molecular weight excluding hydrogens is 224 g/mol. The zero-order valence-corrected chi connectivity index (χ0v) is 12.3. The number of carbonyl (C=O) groups is 1. The Morgan fingerprint density at radius 1 is 1.22 bits per heavy atom. The van der Waals surface area contributed by atoms with Gasteiger partial charge in [-0.3, -0.25) is 4.79 Å². The van der Waals surface area contributed by atoms with E-state index in [1.54, 1.807) is 0 Å². The molecular formula is C15H30N2O. The molecule has 1 aliphatic rings. The lowest BCUT2D eigenvalue weighted by Crippen LogP contribution is -2.43. The van der Waals surface area contributed by atoms with Crippen LogP contribution in [-0.2, 0) is 4.79 Å². The lowest BCUT2D eigenvalue weighted by Gasteiger charge is -2.30. The summed E-state index contributed by atoms with van der Waals surface area (Å²) in [4.78, 5) is 11.7. The number of hydrogen-bond donors (Lipinski definition) is 2. The molecule has 1 amide bonds. The zero-order valence-electron chi connectivity index (χ0n) is 12.3. The van der Waals surface area contributed by atoms with Crippen molar-refractivity contribution in [1.82, 2.24) is 10.6 Å². The van der Waals surface area contributed by atoms with Gasteiger partial charge in [-0.15, -0.1) is 0 Å². The summed E-state index contributed by atoms with van der Waals surface area (Å²) in [5.41, 5.74) is 0. The van der Waals surface area contributed by atoms with Gasteiger partial charge in [0.2, 0.25) is 5.91 Å². The van der Waals surface area contributed by atoms with Crippen LogP contribution in [0.2, 0.25) is 0 Å². The number of nitrogens with one attached hydrogen (secondary N) is 2. The van der Waals surface area contributed by atoms with E-state index in [2.05, 4.69) is 31.4 Å². The van der Waals surface area contributed by atoms with E-state index in [-0.39, 0.29) is 5.91 Å². The second-order valence-corrected chi connectivity index (χ2v) is 5.99. The van der Waals surface area contributed by atoms with E-state index in [9.17, 15) is 4.79 Å². The Hall–Kier alpha value is -0.570. The van der Waals surface area contributed by atoms with E-state index in [4.69, 9.17) is 0 Å². The molecule has 1 aliphatic carbocycles. The standard InChI is InChI=1S/C15H30N2O/c1-4-14(13-8-6-5-7-9-13)16-11-15(18)17-10-12(2)3/h12-14,16H,4-11H2,1-3H3,(H,17,18). The van der Waals surface area contributed by atoms with Crippen molar-refractivity contribution in [2.75, 3.05) is 13.1 Å². The molecule has 106 valence electrons. The lowest BCUT2D eigenvalue weighted by atomic mass is 9.83. The summed E-state index contributed by atoms with van der Waals surface area (Å²) in [6.07, 6.45) is 7.91. The highest BCUT2D eigenvalue weighted by atomic mass is 16.1. The van der Waals surface area contributed by atoms with Crippen LogP contribution in [0.25, 0.3) is 0 Å². The molecule has 3 heteroatoms. The molecule has 0 saturated heterocycles. The summed E-state index contributed by atoms with van der Waals surface area (Å²) in [7, 11) is 0. The molecule has 1 unspecified atom stereocenters. The molecule has 1 atom stereocenters. The van der Waals surface area contributed by atoms with Crippen molar-refractivity contribution in [3.8, 4) is 0 Å². The third-order valence-electron chi connectivity index (χ3n) is 3.89. The van der Waals surface area contributed by atoms with Crippen LogP contribution < -0.4 is 10.6 Å². The van der Waals surface area contributed by atoms with Crippen LogP contribution in [0.5, 0.6) is 0 Å². The lowest BCUT2D eigenvalue weighted by molar-refractivity contribution is -0.120. The largest absolute Gasteiger partial charge is 0.355 e. The first-order valence-corrected chi connectivity index (χ1v) is 7.63. The van der Waals surface area contributed by atoms with Crippen molar-refractivity contribution in [1.29, 1.82) is 0 Å². The third kappa shape index (κ3) is 5.85. The van der Waals surface area contributed by atoms with Gasteiger partial charge in [0.1, 0.15) is 0 Å². The fourth-order valence-corrected chi connectivity index (χ4v) is 2.79. The third-order valence-corrected chi connectivity index (χ3v) is 3.89. The van der Waals surface area contributed by atoms with Gasteiger partial charge in [0, 0.05) is 12.6 Å². The smallest absolute Gasteiger partial charge is 0.233 e. The van der Waals surface area contributed by atoms with Crippen LogP contribution in [0.1, 0.15) is 59.3 Å². The minimum Gasteiger partial charge on any atom is -0.355 e. The summed E-state index contributed by atoms with van der Waals surface area (Å²) in [6.45, 7) is 7.70. The first-order valence-electron chi connectivity index (χ1n) is 7.63. The molecule has 0 aromatic heterocycles. The maximum Gasteiger partial charge on any atom is 0.233 e. The van der Waals surface area contributed by atoms with Crippen LogP contribution in [0.15, 0.2) is 0 Å². The number of amides is 1. The van der Waals surface area contributed by atoms with E-state index in [0.717, 1.165) is 18.9 Å². The molecule has 2 N–H and O–H groups in total. The van der Waals surface area contributed by atoms with Crippen molar-refractivity contribution in [2.45, 2.75) is 65.3 Å². The van der Waals surface area contributed by atoms with E-state index in [1.165, 1.54) is 32.1 Å². The van der Waals surface area contributed by atoms with Crippen molar-refractivity contribution < 1.29 is 4.79 Å². The van der Waals surface area contributed by atoms with Gasteiger partial charge < -0.3 is 10.6 Å². The predicted octanol–water partition coefficient (Wildman–Crippen LogP) is 2.71. The maximum absolute atomic E-state index is 11.7. The van der Waals surface area contributed by atoms with Gasteiger partial charge in [-0.1, -0.05) is 40.0 Å². The quantitative estimate of drug-likeness (QED) is 0.733. The van der Waals surface area contributed by atoms with E-state index >= 15 is 0 Å². The van der Waals surface area contributed by atoms with Gasteiger partial charge in [0.15, 0.2) is 0 Å². The minimum absolute atomic E-state index is 0.137. The average molecular weight is 254 g/mol. The summed E-state index contributed by atoms with van der Waals surface area (Å²) in [5.74, 6) is 1.44. The van der Waals surface area contributed by atoms with Gasteiger partial charge in [-0.05, 0) is 31.1 Å². The van der Waals surface area contributed by atoms with Gasteiger partial charge in [0.25, 0.3) is 0 Å². The Morgan fingerprint density at radius 3 is 2.44 bits per heavy atom. The fourth-order valence-electron chi connectivity index (χ4n) is 2.79. The summed E-state index contributed by atoms with van der Waals surface area (Å²) in [6, 6.07) is 0.523. The SMILES string of the molecule is CCC(NCC(=O)NCC(C)C)C1CCCCC1. The molecule has 0 bridgehead atoms. The van der Waals surface area contributed by atoms with Crippen LogP contribution in [-0.4, -0.2) is 25.0 Å². The molecule has 0 aliphatic heterocycles. The molecule has 0 aromatic rings. The molecule has 0 aromatic carbocycles. The van der Waals surface area contributed by atoms with Gasteiger partial charge in [-0.2, -0.15) is 0 Å².